The van der Waals surface area contributed by atoms with Gasteiger partial charge in [-0.15, -0.1) is 0 Å². The van der Waals surface area contributed by atoms with Crippen LogP contribution in [-0.2, 0) is 9.53 Å². The molecule has 0 radical (unpaired) electrons. The number of benzene rings is 1. The van der Waals surface area contributed by atoms with Crippen molar-refractivity contribution < 1.29 is 71.3 Å². The van der Waals surface area contributed by atoms with Crippen LogP contribution in [-0.4, -0.2) is 48.6 Å². The minimum Gasteiger partial charge on any atom is -0.462 e. The van der Waals surface area contributed by atoms with Gasteiger partial charge in [0.05, 0.1) is 6.61 Å². The van der Waals surface area contributed by atoms with Crippen LogP contribution in [0.5, 0.6) is 5.75 Å². The van der Waals surface area contributed by atoms with E-state index in [2.05, 4.69) is 16.1 Å². The van der Waals surface area contributed by atoms with E-state index in [0.29, 0.717) is 12.1 Å². The van der Waals surface area contributed by atoms with E-state index in [1.807, 2.05) is 0 Å². The third-order valence-corrected chi connectivity index (χ3v) is 4.24. The molecule has 1 aromatic carbocycles. The fraction of sp³-hybridized carbons (Fsp3) is 0.500. The molecule has 0 heterocycles. The topological polar surface area (TPSA) is 35.5 Å². The van der Waals surface area contributed by atoms with Crippen molar-refractivity contribution in [1.82, 2.24) is 0 Å². The van der Waals surface area contributed by atoms with Crippen LogP contribution in [0.15, 0.2) is 36.9 Å². The molecule has 0 spiro atoms. The largest absolute Gasteiger partial charge is 0.471 e. The van der Waals surface area contributed by atoms with Gasteiger partial charge in [-0.2, -0.15) is 57.1 Å². The summed E-state index contributed by atoms with van der Waals surface area (Å²) < 4.78 is 178. The summed E-state index contributed by atoms with van der Waals surface area (Å²) in [5, 5.41) is 0. The van der Waals surface area contributed by atoms with E-state index >= 15 is 0 Å². The molecule has 1 atom stereocenters. The Labute approximate surface area is 182 Å². The summed E-state index contributed by atoms with van der Waals surface area (Å²) in [6.45, 7) is 4.26. The highest BCUT2D eigenvalue weighted by Crippen LogP contribution is 2.60. The molecule has 0 aliphatic heterocycles. The van der Waals surface area contributed by atoms with Crippen LogP contribution >= 0.6 is 0 Å². The number of halogens is 13. The molecule has 1 unspecified atom stereocenters. The predicted molar refractivity (Wildman–Crippen MR) is 87.4 cm³/mol. The van der Waals surface area contributed by atoms with E-state index < -0.39 is 53.6 Å². The van der Waals surface area contributed by atoms with E-state index in [4.69, 9.17) is 0 Å². The lowest BCUT2D eigenvalue weighted by Crippen LogP contribution is -2.70. The van der Waals surface area contributed by atoms with Gasteiger partial charge in [0, 0.05) is 12.0 Å². The number of carbonyl (C=O) groups excluding carboxylic acids is 1. The molecule has 34 heavy (non-hydrogen) atoms. The van der Waals surface area contributed by atoms with Crippen molar-refractivity contribution in [2.45, 2.75) is 48.8 Å². The number of hydrogen-bond acceptors (Lipinski definition) is 3. The van der Waals surface area contributed by atoms with Crippen LogP contribution in [0.25, 0.3) is 0 Å². The lowest BCUT2D eigenvalue weighted by molar-refractivity contribution is -0.456. The summed E-state index contributed by atoms with van der Waals surface area (Å²) in [5.74, 6) is -34.2. The Morgan fingerprint density at radius 2 is 1.26 bits per heavy atom. The molecule has 1 rings (SSSR count). The first-order valence-corrected chi connectivity index (χ1v) is 8.60. The van der Waals surface area contributed by atoms with E-state index in [1.54, 1.807) is 0 Å². The Bertz CT molecular complexity index is 876. The molecule has 194 valence electrons. The number of rotatable bonds is 10. The molecule has 3 nitrogen and oxygen atoms in total. The predicted octanol–water partition coefficient (Wildman–Crippen LogP) is 6.59. The van der Waals surface area contributed by atoms with Gasteiger partial charge >= 0.3 is 41.9 Å². The highest BCUT2D eigenvalue weighted by molar-refractivity contribution is 5.81. The second-order valence-electron chi connectivity index (χ2n) is 6.72. The number of carbonyl (C=O) groups is 1. The van der Waals surface area contributed by atoms with Crippen LogP contribution in [0, 0.1) is 0 Å². The van der Waals surface area contributed by atoms with Crippen molar-refractivity contribution in [1.29, 1.82) is 0 Å². The summed E-state index contributed by atoms with van der Waals surface area (Å²) in [4.78, 5) is 11.0. The van der Waals surface area contributed by atoms with Crippen molar-refractivity contribution >= 4 is 5.97 Å². The molecule has 0 amide bonds. The normalized spacial score (nSPS) is 15.0. The Morgan fingerprint density at radius 1 is 0.824 bits per heavy atom. The summed E-state index contributed by atoms with van der Waals surface area (Å²) in [6.07, 6.45) is -13.4. The SMILES string of the molecule is C=CC(=O)OCC(C)c1ccc(OC(F)(F)C(F)(F)C(F)(F)C(F)(F)C(F)(F)C(F)(F)F)cc1. The monoisotopic (exact) mass is 524 g/mol. The van der Waals surface area contributed by atoms with E-state index in [0.717, 1.165) is 18.2 Å². The van der Waals surface area contributed by atoms with Gasteiger partial charge in [-0.25, -0.2) is 4.79 Å². The van der Waals surface area contributed by atoms with E-state index in [9.17, 15) is 61.9 Å². The third-order valence-electron chi connectivity index (χ3n) is 4.24. The van der Waals surface area contributed by atoms with Crippen molar-refractivity contribution in [2.24, 2.45) is 0 Å². The van der Waals surface area contributed by atoms with Crippen molar-refractivity contribution in [2.75, 3.05) is 6.61 Å². The highest BCUT2D eigenvalue weighted by Gasteiger charge is 2.91. The quantitative estimate of drug-likeness (QED) is 0.197. The molecule has 0 fully saturated rings. The van der Waals surface area contributed by atoms with Gasteiger partial charge in [0.1, 0.15) is 5.75 Å². The summed E-state index contributed by atoms with van der Waals surface area (Å²) in [5.41, 5.74) is 0.181. The van der Waals surface area contributed by atoms with Crippen molar-refractivity contribution in [3.05, 3.63) is 42.5 Å². The molecule has 0 N–H and O–H groups in total. The average Bonchev–Trinajstić information content (AvgIpc) is 2.70. The summed E-state index contributed by atoms with van der Waals surface area (Å²) >= 11 is 0. The minimum atomic E-state index is -8.00. The average molecular weight is 524 g/mol. The molecular weight excluding hydrogens is 511 g/mol. The molecule has 0 aromatic heterocycles. The van der Waals surface area contributed by atoms with Crippen LogP contribution in [0.4, 0.5) is 57.1 Å². The van der Waals surface area contributed by atoms with Gasteiger partial charge in [0.15, 0.2) is 0 Å². The van der Waals surface area contributed by atoms with Crippen molar-refractivity contribution in [3.63, 3.8) is 0 Å². The Hall–Kier alpha value is -2.68. The maximum absolute atomic E-state index is 13.7. The zero-order chi connectivity index (χ0) is 27.0. The molecular formula is C18H13F13O3. The maximum atomic E-state index is 13.7. The summed E-state index contributed by atoms with van der Waals surface area (Å²) in [7, 11) is 0. The number of hydrogen-bond donors (Lipinski definition) is 0. The Morgan fingerprint density at radius 3 is 1.68 bits per heavy atom. The number of alkyl halides is 13. The fourth-order valence-electron chi connectivity index (χ4n) is 2.19. The first-order chi connectivity index (χ1) is 15.1. The number of esters is 1. The Kier molecular flexibility index (Phi) is 7.91. The minimum absolute atomic E-state index is 0.181. The molecule has 0 aliphatic carbocycles. The van der Waals surface area contributed by atoms with E-state index in [-0.39, 0.29) is 12.2 Å². The zero-order valence-electron chi connectivity index (χ0n) is 16.5. The van der Waals surface area contributed by atoms with E-state index in [1.165, 1.54) is 6.92 Å². The molecule has 0 saturated carbocycles. The maximum Gasteiger partial charge on any atom is 0.471 e. The second kappa shape index (κ2) is 9.17. The molecule has 0 saturated heterocycles. The first-order valence-electron chi connectivity index (χ1n) is 8.60. The fourth-order valence-corrected chi connectivity index (χ4v) is 2.19. The lowest BCUT2D eigenvalue weighted by Gasteiger charge is -2.39. The smallest absolute Gasteiger partial charge is 0.462 e. The van der Waals surface area contributed by atoms with Crippen LogP contribution in [0.2, 0.25) is 0 Å². The van der Waals surface area contributed by atoms with Gasteiger partial charge in [-0.05, 0) is 17.7 Å². The van der Waals surface area contributed by atoms with Gasteiger partial charge in [0.25, 0.3) is 0 Å². The van der Waals surface area contributed by atoms with Crippen molar-refractivity contribution in [3.8, 4) is 5.75 Å². The molecule has 16 heteroatoms. The van der Waals surface area contributed by atoms with Gasteiger partial charge in [0.2, 0.25) is 0 Å². The van der Waals surface area contributed by atoms with Crippen LogP contribution in [0.3, 0.4) is 0 Å². The zero-order valence-corrected chi connectivity index (χ0v) is 16.5. The molecule has 0 bridgehead atoms. The second-order valence-corrected chi connectivity index (χ2v) is 6.72. The van der Waals surface area contributed by atoms with Gasteiger partial charge in [-0.1, -0.05) is 25.6 Å². The van der Waals surface area contributed by atoms with Gasteiger partial charge < -0.3 is 9.47 Å². The Balaban J connectivity index is 3.19. The summed E-state index contributed by atoms with van der Waals surface area (Å²) in [6, 6.07) is 2.65. The first kappa shape index (κ1) is 29.4. The van der Waals surface area contributed by atoms with Gasteiger partial charge in [-0.3, -0.25) is 0 Å². The number of ether oxygens (including phenoxy) is 2. The third kappa shape index (κ3) is 5.04. The standard InChI is InChI=1S/C18H13F13O3/c1-3-12(32)33-8-9(2)10-4-6-11(7-5-10)34-18(30,31)16(25,26)14(21,22)13(19,20)15(23,24)17(27,28)29/h3-7,9H,1,8H2,2H3. The molecule has 0 aliphatic rings. The lowest BCUT2D eigenvalue weighted by atomic mass is 9.97. The molecule has 1 aromatic rings. The van der Waals surface area contributed by atoms with Crippen LogP contribution in [0.1, 0.15) is 18.4 Å². The highest BCUT2D eigenvalue weighted by atomic mass is 19.4. The van der Waals surface area contributed by atoms with Crippen LogP contribution < -0.4 is 4.74 Å².